The Labute approximate surface area is 147 Å². The van der Waals surface area contributed by atoms with Gasteiger partial charge in [0.25, 0.3) is 10.9 Å². The average molecular weight is 366 g/mol. The van der Waals surface area contributed by atoms with E-state index in [0.717, 1.165) is 0 Å². The van der Waals surface area contributed by atoms with Crippen LogP contribution < -0.4 is 10.7 Å². The lowest BCUT2D eigenvalue weighted by Gasteiger charge is -2.24. The molecule has 4 rings (SSSR count). The molecule has 4 atom stereocenters. The summed E-state index contributed by atoms with van der Waals surface area (Å²) in [6.45, 7) is 0.485. The third kappa shape index (κ3) is 1.42. The molecule has 0 unspecified atom stereocenters. The van der Waals surface area contributed by atoms with Crippen molar-refractivity contribution in [3.05, 3.63) is 33.8 Å². The van der Waals surface area contributed by atoms with Gasteiger partial charge in [0.05, 0.1) is 18.7 Å². The lowest BCUT2D eigenvalue weighted by Crippen LogP contribution is -2.88. The molecule has 8 heteroatoms. The molecule has 1 saturated carbocycles. The Morgan fingerprint density at radius 3 is 2.52 bits per heavy atom. The van der Waals surface area contributed by atoms with E-state index in [-0.39, 0.29) is 5.84 Å². The second kappa shape index (κ2) is 4.55. The van der Waals surface area contributed by atoms with Gasteiger partial charge in [-0.2, -0.15) is 10.5 Å². The summed E-state index contributed by atoms with van der Waals surface area (Å²) in [4.78, 5) is 3.05. The summed E-state index contributed by atoms with van der Waals surface area (Å²) in [5.74, 6) is 0.434. The number of nitriles is 2. The Hall–Kier alpha value is -1.44. The number of nitrogens with two attached hydrogens (primary N) is 1. The number of amidine groups is 1. The zero-order chi connectivity index (χ0) is 16.5. The van der Waals surface area contributed by atoms with E-state index in [9.17, 15) is 10.5 Å². The van der Waals surface area contributed by atoms with Gasteiger partial charge < -0.3 is 4.74 Å². The SMILES string of the molecule is N#C[C@@]12[C@@H](c3c(Cl)cccc3Cl)[C@]1(C#N)C(N)=[NH+][C@@]21OCCS1. The highest BCUT2D eigenvalue weighted by molar-refractivity contribution is 8.00. The quantitative estimate of drug-likeness (QED) is 0.772. The molecular formula is C15H11Cl2N4OS+. The zero-order valence-electron chi connectivity index (χ0n) is 11.8. The van der Waals surface area contributed by atoms with Crippen LogP contribution in [0, 0.1) is 33.5 Å². The zero-order valence-corrected chi connectivity index (χ0v) is 14.1. The van der Waals surface area contributed by atoms with E-state index in [1.165, 1.54) is 11.8 Å². The number of rotatable bonds is 1. The molecular weight excluding hydrogens is 355 g/mol. The van der Waals surface area contributed by atoms with Gasteiger partial charge in [0, 0.05) is 21.7 Å². The average Bonchev–Trinajstić information content (AvgIpc) is 2.77. The Balaban J connectivity index is 2.00. The fraction of sp³-hybridized carbons (Fsp3) is 0.400. The van der Waals surface area contributed by atoms with Gasteiger partial charge in [0.2, 0.25) is 0 Å². The Kier molecular flexibility index (Phi) is 2.99. The number of hydrogen-bond donors (Lipinski definition) is 2. The minimum Gasteiger partial charge on any atom is -0.327 e. The number of hydrogen-bond acceptors (Lipinski definition) is 5. The predicted octanol–water partition coefficient (Wildman–Crippen LogP) is 0.979. The van der Waals surface area contributed by atoms with Crippen molar-refractivity contribution in [1.82, 2.24) is 0 Å². The van der Waals surface area contributed by atoms with Crippen LogP contribution in [0.5, 0.6) is 0 Å². The first-order chi connectivity index (χ1) is 11.0. The van der Waals surface area contributed by atoms with Crippen LogP contribution in [0.15, 0.2) is 18.2 Å². The van der Waals surface area contributed by atoms with E-state index in [1.54, 1.807) is 18.2 Å². The molecule has 2 aliphatic heterocycles. The van der Waals surface area contributed by atoms with Crippen molar-refractivity contribution in [2.45, 2.75) is 11.0 Å². The van der Waals surface area contributed by atoms with Crippen molar-refractivity contribution >= 4 is 40.8 Å². The van der Waals surface area contributed by atoms with Crippen LogP contribution in [0.3, 0.4) is 0 Å². The van der Waals surface area contributed by atoms with E-state index in [0.29, 0.717) is 28.0 Å². The van der Waals surface area contributed by atoms with Crippen LogP contribution in [0.4, 0.5) is 0 Å². The molecule has 0 radical (unpaired) electrons. The number of benzene rings is 1. The second-order valence-electron chi connectivity index (χ2n) is 5.76. The summed E-state index contributed by atoms with van der Waals surface area (Å²) in [6, 6.07) is 9.70. The van der Waals surface area contributed by atoms with Crippen molar-refractivity contribution in [2.24, 2.45) is 16.6 Å². The maximum absolute atomic E-state index is 10.0. The summed E-state index contributed by atoms with van der Waals surface area (Å²) < 4.78 is 5.87. The Bertz CT molecular complexity index is 819. The molecule has 3 aliphatic rings. The van der Waals surface area contributed by atoms with E-state index in [4.69, 9.17) is 33.7 Å². The van der Waals surface area contributed by atoms with Crippen molar-refractivity contribution in [1.29, 1.82) is 10.5 Å². The van der Waals surface area contributed by atoms with Crippen molar-refractivity contribution in [3.8, 4) is 12.1 Å². The third-order valence-electron chi connectivity index (χ3n) is 4.98. The van der Waals surface area contributed by atoms with Crippen molar-refractivity contribution in [3.63, 3.8) is 0 Å². The highest BCUT2D eigenvalue weighted by Gasteiger charge is 2.96. The topological polar surface area (TPSA) is 96.8 Å². The van der Waals surface area contributed by atoms with Crippen LogP contribution in [-0.4, -0.2) is 23.3 Å². The molecule has 1 spiro atoms. The summed E-state index contributed by atoms with van der Waals surface area (Å²) in [7, 11) is 0. The van der Waals surface area contributed by atoms with Crippen LogP contribution in [0.25, 0.3) is 0 Å². The monoisotopic (exact) mass is 365 g/mol. The summed E-state index contributed by atoms with van der Waals surface area (Å²) in [5.41, 5.74) is 4.38. The fourth-order valence-corrected chi connectivity index (χ4v) is 6.01. The maximum Gasteiger partial charge on any atom is 0.277 e. The van der Waals surface area contributed by atoms with Gasteiger partial charge in [-0.1, -0.05) is 41.0 Å². The van der Waals surface area contributed by atoms with Gasteiger partial charge in [-0.25, -0.2) is 4.99 Å². The fourth-order valence-electron chi connectivity index (χ4n) is 4.04. The normalized spacial score (nSPS) is 40.3. The summed E-state index contributed by atoms with van der Waals surface area (Å²) in [5, 5.41) is 19.7. The first kappa shape index (κ1) is 15.1. The summed E-state index contributed by atoms with van der Waals surface area (Å²) in [6.07, 6.45) is 0. The van der Waals surface area contributed by atoms with E-state index in [2.05, 4.69) is 17.1 Å². The Morgan fingerprint density at radius 2 is 2.00 bits per heavy atom. The van der Waals surface area contributed by atoms with Gasteiger partial charge in [0.1, 0.15) is 0 Å². The van der Waals surface area contributed by atoms with E-state index < -0.39 is 21.8 Å². The number of nitrogens with one attached hydrogen (secondary N) is 1. The molecule has 0 amide bonds. The van der Waals surface area contributed by atoms with Gasteiger partial charge >= 0.3 is 0 Å². The molecule has 1 aliphatic carbocycles. The number of fused-ring (bicyclic) bond motifs is 2. The van der Waals surface area contributed by atoms with Crippen LogP contribution >= 0.6 is 35.0 Å². The Morgan fingerprint density at radius 1 is 1.30 bits per heavy atom. The molecule has 1 saturated heterocycles. The van der Waals surface area contributed by atoms with Gasteiger partial charge in [0.15, 0.2) is 10.8 Å². The minimum atomic E-state index is -1.20. The molecule has 2 heterocycles. The lowest BCUT2D eigenvalue weighted by molar-refractivity contribution is -0.583. The summed E-state index contributed by atoms with van der Waals surface area (Å²) >= 11 is 14.1. The standard InChI is InChI=1S/C15H10Cl2N4OS/c16-8-2-1-3-9(17)10(8)11-13(6-18)12(20)21-15(14(11,13)7-19)22-4-5-23-15/h1-3,11H,4-5H2,(H2,20,21)/p+1/t11-,13+,14+,15+/m0/s1. The molecule has 3 N–H and O–H groups in total. The van der Waals surface area contributed by atoms with Crippen LogP contribution in [-0.2, 0) is 4.74 Å². The smallest absolute Gasteiger partial charge is 0.277 e. The van der Waals surface area contributed by atoms with Gasteiger partial charge in [-0.3, -0.25) is 5.73 Å². The highest BCUT2D eigenvalue weighted by atomic mass is 35.5. The highest BCUT2D eigenvalue weighted by Crippen LogP contribution is 2.81. The van der Waals surface area contributed by atoms with E-state index >= 15 is 0 Å². The lowest BCUT2D eigenvalue weighted by atomic mass is 9.95. The largest absolute Gasteiger partial charge is 0.327 e. The molecule has 0 bridgehead atoms. The maximum atomic E-state index is 10.0. The van der Waals surface area contributed by atoms with Crippen LogP contribution in [0.1, 0.15) is 11.5 Å². The number of thioether (sulfide) groups is 1. The van der Waals surface area contributed by atoms with Crippen LogP contribution in [0.2, 0.25) is 10.0 Å². The number of nitrogens with zero attached hydrogens (tertiary/aromatic N) is 2. The predicted molar refractivity (Wildman–Crippen MR) is 86.6 cm³/mol. The number of ether oxygens (including phenoxy) is 1. The first-order valence-electron chi connectivity index (χ1n) is 6.96. The van der Waals surface area contributed by atoms with E-state index in [1.807, 2.05) is 0 Å². The van der Waals surface area contributed by atoms with Crippen molar-refractivity contribution < 1.29 is 9.73 Å². The van der Waals surface area contributed by atoms with Gasteiger partial charge in [-0.15, -0.1) is 0 Å². The third-order valence-corrected chi connectivity index (χ3v) is 6.96. The molecule has 116 valence electrons. The first-order valence-corrected chi connectivity index (χ1v) is 8.70. The molecule has 5 nitrogen and oxygen atoms in total. The number of halogens is 2. The molecule has 1 aromatic rings. The molecule has 0 aromatic heterocycles. The second-order valence-corrected chi connectivity index (χ2v) is 7.85. The molecule has 2 fully saturated rings. The van der Waals surface area contributed by atoms with Crippen molar-refractivity contribution in [2.75, 3.05) is 12.4 Å². The molecule has 1 aromatic carbocycles. The molecule has 23 heavy (non-hydrogen) atoms. The van der Waals surface area contributed by atoms with Gasteiger partial charge in [-0.05, 0) is 17.7 Å². The minimum absolute atomic E-state index is 0.247.